The summed E-state index contributed by atoms with van der Waals surface area (Å²) in [5, 5.41) is 9.39. The van der Waals surface area contributed by atoms with Gasteiger partial charge in [-0.1, -0.05) is 0 Å². The van der Waals surface area contributed by atoms with Crippen LogP contribution in [-0.4, -0.2) is 42.0 Å². The summed E-state index contributed by atoms with van der Waals surface area (Å²) in [4.78, 5) is 23.0. The molecule has 0 spiro atoms. The number of amides is 1. The van der Waals surface area contributed by atoms with Gasteiger partial charge in [0.25, 0.3) is 11.8 Å². The molecule has 0 bridgehead atoms. The zero-order valence-corrected chi connectivity index (χ0v) is 15.9. The van der Waals surface area contributed by atoms with E-state index in [4.69, 9.17) is 8.83 Å². The van der Waals surface area contributed by atoms with Crippen molar-refractivity contribution in [2.75, 3.05) is 31.1 Å². The smallest absolute Gasteiger partial charge is 0.266 e. The van der Waals surface area contributed by atoms with Crippen LogP contribution in [0.1, 0.15) is 25.8 Å². The molecule has 1 aliphatic rings. The van der Waals surface area contributed by atoms with Gasteiger partial charge in [0, 0.05) is 35.9 Å². The number of nitrogens with zero attached hydrogens (tertiary/aromatic N) is 4. The summed E-state index contributed by atoms with van der Waals surface area (Å²) < 4.78 is 11.1. The average Bonchev–Trinajstić information content (AvgIpc) is 3.40. The second-order valence-electron chi connectivity index (χ2n) is 6.37. The highest BCUT2D eigenvalue weighted by Crippen LogP contribution is 2.29. The third kappa shape index (κ3) is 3.22. The Morgan fingerprint density at radius 3 is 2.67 bits per heavy atom. The molecule has 1 saturated heterocycles. The van der Waals surface area contributed by atoms with Gasteiger partial charge in [0.1, 0.15) is 6.07 Å². The molecule has 0 unspecified atom stereocenters. The molecular formula is C19H18N4O3S. The fraction of sp³-hybridized carbons (Fsp3) is 0.316. The molecule has 0 radical (unpaired) electrons. The van der Waals surface area contributed by atoms with Gasteiger partial charge in [-0.3, -0.25) is 4.79 Å². The van der Waals surface area contributed by atoms with E-state index in [1.165, 1.54) is 6.26 Å². The van der Waals surface area contributed by atoms with E-state index in [9.17, 15) is 10.1 Å². The van der Waals surface area contributed by atoms with Gasteiger partial charge in [-0.25, -0.2) is 0 Å². The first-order valence-corrected chi connectivity index (χ1v) is 9.44. The van der Waals surface area contributed by atoms with Crippen molar-refractivity contribution in [1.29, 1.82) is 5.26 Å². The van der Waals surface area contributed by atoms with Crippen LogP contribution in [0.25, 0.3) is 11.7 Å². The fourth-order valence-electron chi connectivity index (χ4n) is 3.23. The predicted molar refractivity (Wildman–Crippen MR) is 101 cm³/mol. The minimum Gasteiger partial charge on any atom is -0.459 e. The fourth-order valence-corrected chi connectivity index (χ4v) is 4.15. The lowest BCUT2D eigenvalue weighted by Crippen LogP contribution is -2.49. The van der Waals surface area contributed by atoms with Crippen LogP contribution in [0.3, 0.4) is 0 Å². The highest BCUT2D eigenvalue weighted by molar-refractivity contribution is 7.12. The van der Waals surface area contributed by atoms with Crippen LogP contribution in [0, 0.1) is 25.2 Å². The first-order valence-electron chi connectivity index (χ1n) is 8.63. The van der Waals surface area contributed by atoms with E-state index in [0.29, 0.717) is 37.8 Å². The summed E-state index contributed by atoms with van der Waals surface area (Å²) >= 11 is 1.64. The molecule has 4 heterocycles. The van der Waals surface area contributed by atoms with Crippen LogP contribution in [0.5, 0.6) is 0 Å². The zero-order valence-electron chi connectivity index (χ0n) is 15.1. The van der Waals surface area contributed by atoms with Crippen LogP contribution in [0.15, 0.2) is 33.3 Å². The summed E-state index contributed by atoms with van der Waals surface area (Å²) in [5.74, 6) is 1.26. The maximum Gasteiger partial charge on any atom is 0.266 e. The van der Waals surface area contributed by atoms with Crippen molar-refractivity contribution in [1.82, 2.24) is 9.88 Å². The Kier molecular flexibility index (Phi) is 4.46. The standard InChI is InChI=1S/C19H18N4O3S/c1-12-10-14(13(2)27-12)18(24)22-5-7-23(8-6-22)19-15(11-20)21-17(26-19)16-4-3-9-25-16/h3-4,9-10H,5-8H2,1-2H3. The number of aryl methyl sites for hydroxylation is 2. The number of oxazole rings is 1. The van der Waals surface area contributed by atoms with E-state index in [1.807, 2.05) is 29.7 Å². The van der Waals surface area contributed by atoms with E-state index < -0.39 is 0 Å². The highest BCUT2D eigenvalue weighted by Gasteiger charge is 2.28. The number of rotatable bonds is 3. The van der Waals surface area contributed by atoms with Gasteiger partial charge in [0.05, 0.1) is 11.8 Å². The van der Waals surface area contributed by atoms with Crippen molar-refractivity contribution >= 4 is 23.1 Å². The van der Waals surface area contributed by atoms with Gasteiger partial charge in [0.2, 0.25) is 11.6 Å². The van der Waals surface area contributed by atoms with Crippen LogP contribution in [-0.2, 0) is 0 Å². The van der Waals surface area contributed by atoms with Gasteiger partial charge >= 0.3 is 0 Å². The molecule has 3 aromatic heterocycles. The lowest BCUT2D eigenvalue weighted by Gasteiger charge is -2.34. The van der Waals surface area contributed by atoms with Crippen LogP contribution >= 0.6 is 11.3 Å². The molecule has 7 nitrogen and oxygen atoms in total. The van der Waals surface area contributed by atoms with E-state index in [0.717, 1.165) is 15.3 Å². The van der Waals surface area contributed by atoms with Gasteiger partial charge in [-0.05, 0) is 32.0 Å². The third-order valence-electron chi connectivity index (χ3n) is 4.57. The summed E-state index contributed by atoms with van der Waals surface area (Å²) in [6, 6.07) is 7.51. The lowest BCUT2D eigenvalue weighted by molar-refractivity contribution is 0.0745. The van der Waals surface area contributed by atoms with Crippen molar-refractivity contribution in [3.05, 3.63) is 45.5 Å². The van der Waals surface area contributed by atoms with Gasteiger partial charge in [-0.15, -0.1) is 11.3 Å². The van der Waals surface area contributed by atoms with Crippen LogP contribution in [0.4, 0.5) is 5.88 Å². The minimum absolute atomic E-state index is 0.0610. The van der Waals surface area contributed by atoms with Crippen molar-refractivity contribution in [2.45, 2.75) is 13.8 Å². The first kappa shape index (κ1) is 17.4. The molecule has 1 fully saturated rings. The Morgan fingerprint density at radius 2 is 2.07 bits per heavy atom. The number of thiophene rings is 1. The predicted octanol–water partition coefficient (Wildman–Crippen LogP) is 3.45. The minimum atomic E-state index is 0.0610. The molecule has 1 amide bonds. The molecule has 0 aromatic carbocycles. The number of nitriles is 1. The van der Waals surface area contributed by atoms with Crippen LogP contribution in [0.2, 0.25) is 0 Å². The van der Waals surface area contributed by atoms with Crippen molar-refractivity contribution in [2.24, 2.45) is 0 Å². The second-order valence-corrected chi connectivity index (χ2v) is 7.83. The number of hydrogen-bond acceptors (Lipinski definition) is 7. The average molecular weight is 382 g/mol. The number of furan rings is 1. The topological polar surface area (TPSA) is 86.5 Å². The quantitative estimate of drug-likeness (QED) is 0.690. The summed E-state index contributed by atoms with van der Waals surface area (Å²) in [6.07, 6.45) is 1.53. The first-order chi connectivity index (χ1) is 13.1. The molecule has 0 atom stereocenters. The van der Waals surface area contributed by atoms with E-state index in [-0.39, 0.29) is 17.5 Å². The van der Waals surface area contributed by atoms with Crippen molar-refractivity contribution < 1.29 is 13.6 Å². The summed E-state index contributed by atoms with van der Waals surface area (Å²) in [7, 11) is 0. The SMILES string of the molecule is Cc1cc(C(=O)N2CCN(c3oc(-c4ccco4)nc3C#N)CC2)c(C)s1. The number of hydrogen-bond donors (Lipinski definition) is 0. The van der Waals surface area contributed by atoms with Crippen LogP contribution < -0.4 is 4.90 Å². The maximum absolute atomic E-state index is 12.8. The normalized spacial score (nSPS) is 14.4. The number of piperazine rings is 1. The molecule has 3 aromatic rings. The highest BCUT2D eigenvalue weighted by atomic mass is 32.1. The Hall–Kier alpha value is -3.05. The third-order valence-corrected chi connectivity index (χ3v) is 5.54. The Bertz CT molecular complexity index is 1000. The molecule has 0 aliphatic carbocycles. The monoisotopic (exact) mass is 382 g/mol. The molecule has 27 heavy (non-hydrogen) atoms. The summed E-state index contributed by atoms with van der Waals surface area (Å²) in [5.41, 5.74) is 1.01. The van der Waals surface area contributed by atoms with Crippen molar-refractivity contribution in [3.8, 4) is 17.7 Å². The molecule has 1 aliphatic heterocycles. The van der Waals surface area contributed by atoms with Gasteiger partial charge < -0.3 is 18.6 Å². The Morgan fingerprint density at radius 1 is 1.30 bits per heavy atom. The molecular weight excluding hydrogens is 364 g/mol. The Labute approximate surface area is 160 Å². The second kappa shape index (κ2) is 6.93. The molecule has 138 valence electrons. The van der Waals surface area contributed by atoms with E-state index in [1.54, 1.807) is 23.5 Å². The van der Waals surface area contributed by atoms with E-state index in [2.05, 4.69) is 11.1 Å². The number of carbonyl (C=O) groups is 1. The Balaban J connectivity index is 1.49. The van der Waals surface area contributed by atoms with E-state index >= 15 is 0 Å². The number of anilines is 1. The largest absolute Gasteiger partial charge is 0.459 e. The molecule has 0 saturated carbocycles. The molecule has 4 rings (SSSR count). The molecule has 0 N–H and O–H groups in total. The lowest BCUT2D eigenvalue weighted by atomic mass is 10.2. The summed E-state index contributed by atoms with van der Waals surface area (Å²) in [6.45, 7) is 6.27. The number of carbonyl (C=O) groups excluding carboxylic acids is 1. The zero-order chi connectivity index (χ0) is 19.0. The van der Waals surface area contributed by atoms with Gasteiger partial charge in [-0.2, -0.15) is 10.2 Å². The van der Waals surface area contributed by atoms with Crippen molar-refractivity contribution in [3.63, 3.8) is 0 Å². The van der Waals surface area contributed by atoms with Gasteiger partial charge in [0.15, 0.2) is 5.76 Å². The maximum atomic E-state index is 12.8. The number of aromatic nitrogens is 1. The molecule has 8 heteroatoms.